The number of nitrogens with zero attached hydrogens (tertiary/aromatic N) is 3. The number of hydrogen-bond donors (Lipinski definition) is 1. The van der Waals surface area contributed by atoms with Crippen molar-refractivity contribution in [3.8, 4) is 5.82 Å². The summed E-state index contributed by atoms with van der Waals surface area (Å²) in [6.07, 6.45) is 3.29. The lowest BCUT2D eigenvalue weighted by Gasteiger charge is -1.99. The zero-order valence-corrected chi connectivity index (χ0v) is 8.02. The minimum atomic E-state index is -0.0758. The molecule has 0 atom stereocenters. The molecular weight excluding hydrogens is 202 g/mol. The monoisotopic (exact) mass is 209 g/mol. The Morgan fingerprint density at radius 2 is 2.29 bits per heavy atom. The van der Waals surface area contributed by atoms with Crippen LogP contribution in [0.25, 0.3) is 5.82 Å². The number of rotatable bonds is 2. The summed E-state index contributed by atoms with van der Waals surface area (Å²) in [4.78, 5) is 8.07. The second-order valence-electron chi connectivity index (χ2n) is 2.75. The van der Waals surface area contributed by atoms with Crippen molar-refractivity contribution in [1.29, 1.82) is 0 Å². The maximum Gasteiger partial charge on any atom is 0.139 e. The van der Waals surface area contributed by atoms with Crippen LogP contribution in [0.15, 0.2) is 30.7 Å². The maximum absolute atomic E-state index is 8.83. The van der Waals surface area contributed by atoms with E-state index in [-0.39, 0.29) is 6.61 Å². The number of imidazole rings is 1. The highest BCUT2D eigenvalue weighted by Gasteiger charge is 2.00. The van der Waals surface area contributed by atoms with Crippen LogP contribution in [-0.4, -0.2) is 19.6 Å². The smallest absolute Gasteiger partial charge is 0.139 e. The number of aromatic nitrogens is 3. The number of halogens is 1. The third-order valence-corrected chi connectivity index (χ3v) is 1.97. The van der Waals surface area contributed by atoms with Crippen molar-refractivity contribution < 1.29 is 5.11 Å². The zero-order valence-electron chi connectivity index (χ0n) is 7.26. The first-order valence-electron chi connectivity index (χ1n) is 4.06. The van der Waals surface area contributed by atoms with Gasteiger partial charge in [-0.15, -0.1) is 0 Å². The summed E-state index contributed by atoms with van der Waals surface area (Å²) in [6.45, 7) is -0.0758. The summed E-state index contributed by atoms with van der Waals surface area (Å²) in [7, 11) is 0. The average molecular weight is 210 g/mol. The van der Waals surface area contributed by atoms with E-state index < -0.39 is 0 Å². The molecule has 0 aliphatic rings. The van der Waals surface area contributed by atoms with Gasteiger partial charge in [0, 0.05) is 6.20 Å². The van der Waals surface area contributed by atoms with Crippen LogP contribution in [-0.2, 0) is 6.61 Å². The Balaban J connectivity index is 2.39. The van der Waals surface area contributed by atoms with Crippen LogP contribution in [0.3, 0.4) is 0 Å². The van der Waals surface area contributed by atoms with Gasteiger partial charge < -0.3 is 5.11 Å². The second-order valence-corrected chi connectivity index (χ2v) is 3.14. The molecule has 0 fully saturated rings. The molecule has 5 heteroatoms. The summed E-state index contributed by atoms with van der Waals surface area (Å²) in [5.74, 6) is 0.685. The van der Waals surface area contributed by atoms with Gasteiger partial charge in [-0.05, 0) is 12.1 Å². The summed E-state index contributed by atoms with van der Waals surface area (Å²) in [6, 6.07) is 5.33. The molecule has 72 valence electrons. The predicted octanol–water partition coefficient (Wildman–Crippen LogP) is 1.41. The van der Waals surface area contributed by atoms with Crippen LogP contribution in [0.2, 0.25) is 5.15 Å². The van der Waals surface area contributed by atoms with Crippen LogP contribution in [0.5, 0.6) is 0 Å². The molecule has 2 rings (SSSR count). The minimum Gasteiger partial charge on any atom is -0.390 e. The first-order valence-corrected chi connectivity index (χ1v) is 4.44. The average Bonchev–Trinajstić information content (AvgIpc) is 2.66. The van der Waals surface area contributed by atoms with Gasteiger partial charge in [0.05, 0.1) is 12.3 Å². The molecule has 0 unspecified atom stereocenters. The molecule has 0 aliphatic carbocycles. The molecule has 4 nitrogen and oxygen atoms in total. The highest BCUT2D eigenvalue weighted by atomic mass is 35.5. The predicted molar refractivity (Wildman–Crippen MR) is 52.3 cm³/mol. The van der Waals surface area contributed by atoms with E-state index in [1.54, 1.807) is 23.2 Å². The number of pyridine rings is 1. The van der Waals surface area contributed by atoms with Gasteiger partial charge in [0.25, 0.3) is 0 Å². The van der Waals surface area contributed by atoms with Crippen molar-refractivity contribution in [3.05, 3.63) is 41.6 Å². The lowest BCUT2D eigenvalue weighted by Crippen LogP contribution is -1.93. The van der Waals surface area contributed by atoms with Gasteiger partial charge in [-0.3, -0.25) is 4.57 Å². The van der Waals surface area contributed by atoms with Gasteiger partial charge >= 0.3 is 0 Å². The van der Waals surface area contributed by atoms with Crippen LogP contribution < -0.4 is 0 Å². The zero-order chi connectivity index (χ0) is 9.97. The molecule has 0 saturated heterocycles. The highest BCUT2D eigenvalue weighted by molar-refractivity contribution is 6.29. The van der Waals surface area contributed by atoms with Crippen molar-refractivity contribution in [1.82, 2.24) is 14.5 Å². The number of aliphatic hydroxyl groups is 1. The fourth-order valence-corrected chi connectivity index (χ4v) is 1.27. The van der Waals surface area contributed by atoms with Gasteiger partial charge in [-0.2, -0.15) is 0 Å². The van der Waals surface area contributed by atoms with E-state index in [2.05, 4.69) is 9.97 Å². The first kappa shape index (κ1) is 9.18. The molecule has 2 aromatic heterocycles. The largest absolute Gasteiger partial charge is 0.390 e. The Morgan fingerprint density at radius 3 is 2.93 bits per heavy atom. The van der Waals surface area contributed by atoms with E-state index >= 15 is 0 Å². The molecule has 0 bridgehead atoms. The van der Waals surface area contributed by atoms with E-state index in [0.717, 1.165) is 0 Å². The summed E-state index contributed by atoms with van der Waals surface area (Å²) >= 11 is 5.74. The lowest BCUT2D eigenvalue weighted by molar-refractivity contribution is 0.277. The summed E-state index contributed by atoms with van der Waals surface area (Å²) in [5.41, 5.74) is 0.603. The minimum absolute atomic E-state index is 0.0758. The van der Waals surface area contributed by atoms with Gasteiger partial charge in [-0.25, -0.2) is 9.97 Å². The third-order valence-electron chi connectivity index (χ3n) is 1.76. The van der Waals surface area contributed by atoms with Crippen LogP contribution >= 0.6 is 11.6 Å². The van der Waals surface area contributed by atoms with Gasteiger partial charge in [-0.1, -0.05) is 17.7 Å². The maximum atomic E-state index is 8.83. The van der Waals surface area contributed by atoms with E-state index in [1.807, 2.05) is 12.1 Å². The van der Waals surface area contributed by atoms with Crippen molar-refractivity contribution >= 4 is 11.6 Å². The quantitative estimate of drug-likeness (QED) is 0.761. The molecule has 0 radical (unpaired) electrons. The Morgan fingerprint density at radius 1 is 1.43 bits per heavy atom. The molecule has 0 saturated carbocycles. The van der Waals surface area contributed by atoms with Crippen molar-refractivity contribution in [3.63, 3.8) is 0 Å². The Bertz CT molecular complexity index is 441. The Hall–Kier alpha value is -1.39. The topological polar surface area (TPSA) is 50.9 Å². The molecule has 0 amide bonds. The standard InChI is InChI=1S/C9H8ClN3O/c10-8-2-1-3-9(12-8)13-4-7(5-14)11-6-13/h1-4,6,14H,5H2. The first-order chi connectivity index (χ1) is 6.79. The fraction of sp³-hybridized carbons (Fsp3) is 0.111. The Kier molecular flexibility index (Phi) is 2.47. The van der Waals surface area contributed by atoms with Crippen molar-refractivity contribution in [2.45, 2.75) is 6.61 Å². The second kappa shape index (κ2) is 3.77. The van der Waals surface area contributed by atoms with Crippen LogP contribution in [0, 0.1) is 0 Å². The van der Waals surface area contributed by atoms with Crippen molar-refractivity contribution in [2.75, 3.05) is 0 Å². The van der Waals surface area contributed by atoms with E-state index in [9.17, 15) is 0 Å². The number of aliphatic hydroxyl groups excluding tert-OH is 1. The van der Waals surface area contributed by atoms with E-state index in [4.69, 9.17) is 16.7 Å². The third kappa shape index (κ3) is 1.76. The summed E-state index contributed by atoms with van der Waals surface area (Å²) in [5, 5.41) is 9.26. The molecule has 1 N–H and O–H groups in total. The molecule has 2 aromatic rings. The number of hydrogen-bond acceptors (Lipinski definition) is 3. The molecule has 0 spiro atoms. The molecule has 2 heterocycles. The molecular formula is C9H8ClN3O. The SMILES string of the molecule is OCc1cn(-c2cccc(Cl)n2)cn1. The lowest BCUT2D eigenvalue weighted by atomic mass is 10.4. The van der Waals surface area contributed by atoms with Gasteiger partial charge in [0.1, 0.15) is 17.3 Å². The molecule has 0 aromatic carbocycles. The van der Waals surface area contributed by atoms with Crippen LogP contribution in [0.4, 0.5) is 0 Å². The van der Waals surface area contributed by atoms with E-state index in [0.29, 0.717) is 16.7 Å². The van der Waals surface area contributed by atoms with Crippen LogP contribution in [0.1, 0.15) is 5.69 Å². The summed E-state index contributed by atoms with van der Waals surface area (Å²) < 4.78 is 1.71. The highest BCUT2D eigenvalue weighted by Crippen LogP contribution is 2.10. The van der Waals surface area contributed by atoms with Crippen molar-refractivity contribution in [2.24, 2.45) is 0 Å². The normalized spacial score (nSPS) is 10.4. The van der Waals surface area contributed by atoms with Gasteiger partial charge in [0.15, 0.2) is 0 Å². The fourth-order valence-electron chi connectivity index (χ4n) is 1.11. The Labute approximate surface area is 85.8 Å². The van der Waals surface area contributed by atoms with Gasteiger partial charge in [0.2, 0.25) is 0 Å². The molecule has 14 heavy (non-hydrogen) atoms. The molecule has 0 aliphatic heterocycles. The van der Waals surface area contributed by atoms with E-state index in [1.165, 1.54) is 0 Å².